The lowest BCUT2D eigenvalue weighted by atomic mass is 10.1. The van der Waals surface area contributed by atoms with E-state index in [-0.39, 0.29) is 5.91 Å². The molecule has 0 radical (unpaired) electrons. The molecule has 0 unspecified atom stereocenters. The number of hydrogen-bond acceptors (Lipinski definition) is 5. The summed E-state index contributed by atoms with van der Waals surface area (Å²) in [4.78, 5) is 20.4. The molecule has 0 spiro atoms. The van der Waals surface area contributed by atoms with Crippen molar-refractivity contribution in [2.75, 3.05) is 5.32 Å². The molecule has 0 atom stereocenters. The quantitative estimate of drug-likeness (QED) is 0.751. The minimum Gasteiger partial charge on any atom is -0.441 e. The molecule has 2 aromatic heterocycles. The molecule has 24 heavy (non-hydrogen) atoms. The van der Waals surface area contributed by atoms with E-state index in [1.807, 2.05) is 18.4 Å². The third kappa shape index (κ3) is 3.89. The van der Waals surface area contributed by atoms with Crippen molar-refractivity contribution in [3.8, 4) is 11.3 Å². The molecular formula is C18H19N3O2S. The highest BCUT2D eigenvalue weighted by Gasteiger charge is 2.11. The monoisotopic (exact) mass is 341 g/mol. The number of hydrogen-bond donors (Lipinski definition) is 1. The molecule has 0 aliphatic rings. The van der Waals surface area contributed by atoms with Crippen LogP contribution in [0.1, 0.15) is 29.1 Å². The van der Waals surface area contributed by atoms with Crippen molar-refractivity contribution in [1.82, 2.24) is 9.97 Å². The fraction of sp³-hybridized carbons (Fsp3) is 0.278. The second-order valence-electron chi connectivity index (χ2n) is 5.76. The van der Waals surface area contributed by atoms with Crippen LogP contribution in [0.15, 0.2) is 34.2 Å². The predicted molar refractivity (Wildman–Crippen MR) is 95.2 cm³/mol. The van der Waals surface area contributed by atoms with E-state index in [4.69, 9.17) is 4.42 Å². The van der Waals surface area contributed by atoms with E-state index in [1.165, 1.54) is 22.5 Å². The first-order valence-electron chi connectivity index (χ1n) is 7.75. The molecule has 5 nitrogen and oxygen atoms in total. The van der Waals surface area contributed by atoms with Crippen molar-refractivity contribution in [2.45, 2.75) is 33.6 Å². The molecule has 1 aromatic carbocycles. The van der Waals surface area contributed by atoms with Gasteiger partial charge in [0.25, 0.3) is 0 Å². The Morgan fingerprint density at radius 1 is 1.25 bits per heavy atom. The van der Waals surface area contributed by atoms with Gasteiger partial charge in [0.05, 0.1) is 11.9 Å². The summed E-state index contributed by atoms with van der Waals surface area (Å²) in [6.07, 6.45) is 2.48. The summed E-state index contributed by atoms with van der Waals surface area (Å²) < 4.78 is 5.77. The van der Waals surface area contributed by atoms with Crippen molar-refractivity contribution in [3.05, 3.63) is 52.5 Å². The van der Waals surface area contributed by atoms with E-state index in [1.54, 1.807) is 6.20 Å². The first-order valence-corrected chi connectivity index (χ1v) is 8.63. The molecule has 0 bridgehead atoms. The van der Waals surface area contributed by atoms with Crippen LogP contribution in [0.3, 0.4) is 0 Å². The number of aromatic nitrogens is 2. The number of carbonyl (C=O) groups excluding carboxylic acids is 1. The van der Waals surface area contributed by atoms with Gasteiger partial charge in [-0.15, -0.1) is 11.3 Å². The maximum Gasteiger partial charge on any atom is 0.226 e. The first-order chi connectivity index (χ1) is 11.5. The number of rotatable bonds is 5. The van der Waals surface area contributed by atoms with E-state index in [0.717, 1.165) is 17.0 Å². The van der Waals surface area contributed by atoms with Gasteiger partial charge >= 0.3 is 0 Å². The third-order valence-electron chi connectivity index (χ3n) is 3.78. The van der Waals surface area contributed by atoms with Gasteiger partial charge in [0.1, 0.15) is 0 Å². The Morgan fingerprint density at radius 3 is 2.79 bits per heavy atom. The number of carbonyl (C=O) groups is 1. The topological polar surface area (TPSA) is 68.0 Å². The molecule has 0 aliphatic carbocycles. The number of nitrogens with zero attached hydrogens (tertiary/aromatic N) is 2. The molecule has 1 N–H and O–H groups in total. The maximum atomic E-state index is 11.9. The Balaban J connectivity index is 1.59. The summed E-state index contributed by atoms with van der Waals surface area (Å²) >= 11 is 1.42. The fourth-order valence-electron chi connectivity index (χ4n) is 2.27. The number of aryl methyl sites for hydroxylation is 4. The number of anilines is 1. The number of thiazole rings is 1. The zero-order chi connectivity index (χ0) is 17.1. The Morgan fingerprint density at radius 2 is 2.08 bits per heavy atom. The van der Waals surface area contributed by atoms with E-state index in [0.29, 0.717) is 23.9 Å². The molecule has 0 saturated carbocycles. The van der Waals surface area contributed by atoms with Crippen molar-refractivity contribution in [2.24, 2.45) is 0 Å². The van der Waals surface area contributed by atoms with Crippen LogP contribution in [0.4, 0.5) is 5.13 Å². The Bertz CT molecular complexity index is 867. The molecule has 0 saturated heterocycles. The van der Waals surface area contributed by atoms with Gasteiger partial charge in [-0.25, -0.2) is 9.97 Å². The van der Waals surface area contributed by atoms with Crippen LogP contribution in [0.5, 0.6) is 0 Å². The molecule has 3 aromatic rings. The number of benzene rings is 1. The van der Waals surface area contributed by atoms with Gasteiger partial charge in [-0.1, -0.05) is 12.1 Å². The highest BCUT2D eigenvalue weighted by atomic mass is 32.1. The lowest BCUT2D eigenvalue weighted by molar-refractivity contribution is -0.116. The van der Waals surface area contributed by atoms with Crippen LogP contribution in [0, 0.1) is 20.8 Å². The second-order valence-corrected chi connectivity index (χ2v) is 6.62. The second kappa shape index (κ2) is 6.97. The molecule has 0 fully saturated rings. The van der Waals surface area contributed by atoms with Crippen LogP contribution in [-0.2, 0) is 11.2 Å². The van der Waals surface area contributed by atoms with Crippen molar-refractivity contribution in [1.29, 1.82) is 0 Å². The molecule has 6 heteroatoms. The maximum absolute atomic E-state index is 11.9. The number of amides is 1. The average Bonchev–Trinajstić information content (AvgIpc) is 3.17. The van der Waals surface area contributed by atoms with Gasteiger partial charge in [0.15, 0.2) is 16.8 Å². The van der Waals surface area contributed by atoms with Crippen molar-refractivity contribution < 1.29 is 9.21 Å². The zero-order valence-corrected chi connectivity index (χ0v) is 14.7. The lowest BCUT2D eigenvalue weighted by Crippen LogP contribution is -2.12. The standard InChI is InChI=1S/C18H19N3O2S/c1-11-4-5-14(8-12(11)2)15-9-19-17(23-15)7-6-16(22)21-18-20-13(3)10-24-18/h4-5,8-10H,6-7H2,1-3H3,(H,20,21,22). The van der Waals surface area contributed by atoms with E-state index >= 15 is 0 Å². The van der Waals surface area contributed by atoms with Crippen molar-refractivity contribution >= 4 is 22.4 Å². The largest absolute Gasteiger partial charge is 0.441 e. The Kier molecular flexibility index (Phi) is 4.76. The van der Waals surface area contributed by atoms with Gasteiger partial charge < -0.3 is 9.73 Å². The van der Waals surface area contributed by atoms with E-state index in [9.17, 15) is 4.79 Å². The van der Waals surface area contributed by atoms with Crippen LogP contribution >= 0.6 is 11.3 Å². The van der Waals surface area contributed by atoms with E-state index in [2.05, 4.69) is 41.3 Å². The van der Waals surface area contributed by atoms with Crippen LogP contribution in [-0.4, -0.2) is 15.9 Å². The first kappa shape index (κ1) is 16.4. The van der Waals surface area contributed by atoms with Crippen LogP contribution < -0.4 is 5.32 Å². The van der Waals surface area contributed by atoms with Gasteiger partial charge in [-0.3, -0.25) is 4.79 Å². The van der Waals surface area contributed by atoms with E-state index < -0.39 is 0 Å². The van der Waals surface area contributed by atoms with Crippen LogP contribution in [0.25, 0.3) is 11.3 Å². The minimum atomic E-state index is -0.0877. The summed E-state index contributed by atoms with van der Waals surface area (Å²) in [6, 6.07) is 6.16. The summed E-state index contributed by atoms with van der Waals surface area (Å²) in [5, 5.41) is 5.31. The van der Waals surface area contributed by atoms with Gasteiger partial charge in [-0.05, 0) is 38.0 Å². The number of nitrogens with one attached hydrogen (secondary N) is 1. The molecule has 0 aliphatic heterocycles. The van der Waals surface area contributed by atoms with Gasteiger partial charge in [0, 0.05) is 23.8 Å². The smallest absolute Gasteiger partial charge is 0.226 e. The molecule has 3 rings (SSSR count). The summed E-state index contributed by atoms with van der Waals surface area (Å²) in [6.45, 7) is 6.04. The summed E-state index contributed by atoms with van der Waals surface area (Å²) in [5.74, 6) is 1.20. The normalized spacial score (nSPS) is 10.8. The molecular weight excluding hydrogens is 322 g/mol. The van der Waals surface area contributed by atoms with Gasteiger partial charge in [-0.2, -0.15) is 0 Å². The highest BCUT2D eigenvalue weighted by Crippen LogP contribution is 2.23. The third-order valence-corrected chi connectivity index (χ3v) is 4.65. The fourth-order valence-corrected chi connectivity index (χ4v) is 2.97. The number of oxazole rings is 1. The van der Waals surface area contributed by atoms with Crippen molar-refractivity contribution in [3.63, 3.8) is 0 Å². The SMILES string of the molecule is Cc1csc(NC(=O)CCc2ncc(-c3ccc(C)c(C)c3)o2)n1. The lowest BCUT2D eigenvalue weighted by Gasteiger charge is -2.02. The van der Waals surface area contributed by atoms with Gasteiger partial charge in [0.2, 0.25) is 5.91 Å². The minimum absolute atomic E-state index is 0.0877. The summed E-state index contributed by atoms with van der Waals surface area (Å²) in [5.41, 5.74) is 4.36. The Hall–Kier alpha value is -2.47. The molecule has 1 amide bonds. The molecule has 124 valence electrons. The predicted octanol–water partition coefficient (Wildman–Crippen LogP) is 4.29. The zero-order valence-electron chi connectivity index (χ0n) is 13.9. The average molecular weight is 341 g/mol. The highest BCUT2D eigenvalue weighted by molar-refractivity contribution is 7.13. The molecule has 2 heterocycles. The Labute approximate surface area is 144 Å². The summed E-state index contributed by atoms with van der Waals surface area (Å²) in [7, 11) is 0. The van der Waals surface area contributed by atoms with Crippen LogP contribution in [0.2, 0.25) is 0 Å².